The second kappa shape index (κ2) is 2.74. The average Bonchev–Trinajstić information content (AvgIpc) is 2.47. The topological polar surface area (TPSA) is 48.5 Å². The lowest BCUT2D eigenvalue weighted by molar-refractivity contribution is 1.10. The molecule has 0 N–H and O–H groups in total. The third-order valence-corrected chi connectivity index (χ3v) is 1.79. The van der Waals surface area contributed by atoms with Crippen LogP contribution < -0.4 is 0 Å². The first-order chi connectivity index (χ1) is 5.90. The second-order valence-electron chi connectivity index (χ2n) is 2.63. The molecule has 2 aliphatic rings. The zero-order valence-corrected chi connectivity index (χ0v) is 6.44. The predicted octanol–water partition coefficient (Wildman–Crippen LogP) is 1.25. The van der Waals surface area contributed by atoms with Crippen molar-refractivity contribution in [2.45, 2.75) is 12.5 Å². The molecule has 0 amide bonds. The molecule has 0 radical (unpaired) electrons. The first-order valence-electron chi connectivity index (χ1n) is 3.76. The summed E-state index contributed by atoms with van der Waals surface area (Å²) in [6.45, 7) is 0. The molecule has 1 unspecified atom stereocenters. The van der Waals surface area contributed by atoms with Crippen molar-refractivity contribution >= 4 is 11.9 Å². The summed E-state index contributed by atoms with van der Waals surface area (Å²) in [6.07, 6.45) is 7.86. The molecule has 0 aromatic rings. The molecule has 0 bridgehead atoms. The third kappa shape index (κ3) is 1.08. The molecule has 12 heavy (non-hydrogen) atoms. The summed E-state index contributed by atoms with van der Waals surface area (Å²) in [5, 5.41) is 8.44. The number of fused-ring (bicyclic) bond motifs is 1. The van der Waals surface area contributed by atoms with E-state index in [2.05, 4.69) is 16.1 Å². The van der Waals surface area contributed by atoms with Crippen LogP contribution in [-0.2, 0) is 0 Å². The molecular formula is C9H7N3. The van der Waals surface area contributed by atoms with Crippen LogP contribution in [0.25, 0.3) is 0 Å². The minimum atomic E-state index is 0.0679. The van der Waals surface area contributed by atoms with Gasteiger partial charge in [0.05, 0.1) is 23.9 Å². The van der Waals surface area contributed by atoms with Gasteiger partial charge in [-0.25, -0.2) is 0 Å². The van der Waals surface area contributed by atoms with Gasteiger partial charge in [-0.1, -0.05) is 0 Å². The van der Waals surface area contributed by atoms with Crippen molar-refractivity contribution in [3.8, 4) is 6.07 Å². The van der Waals surface area contributed by atoms with Gasteiger partial charge in [0.1, 0.15) is 6.04 Å². The first kappa shape index (κ1) is 6.99. The maximum atomic E-state index is 8.44. The van der Waals surface area contributed by atoms with E-state index in [1.165, 1.54) is 0 Å². The number of nitrogens with zero attached hydrogens (tertiary/aromatic N) is 3. The summed E-state index contributed by atoms with van der Waals surface area (Å²) >= 11 is 0. The van der Waals surface area contributed by atoms with Crippen LogP contribution in [0.4, 0.5) is 0 Å². The lowest BCUT2D eigenvalue weighted by Crippen LogP contribution is -2.12. The fourth-order valence-electron chi connectivity index (χ4n) is 1.26. The Bertz CT molecular complexity index is 352. The summed E-state index contributed by atoms with van der Waals surface area (Å²) in [7, 11) is 0. The number of rotatable bonds is 1. The zero-order valence-electron chi connectivity index (χ0n) is 6.44. The summed E-state index contributed by atoms with van der Waals surface area (Å²) in [6, 6.07) is 2.14. The van der Waals surface area contributed by atoms with Crippen LogP contribution in [0.15, 0.2) is 33.9 Å². The fraction of sp³-hybridized carbons (Fsp3) is 0.222. The molecule has 58 valence electrons. The van der Waals surface area contributed by atoms with E-state index >= 15 is 0 Å². The smallest absolute Gasteiger partial charge is 0.112 e. The van der Waals surface area contributed by atoms with Crippen molar-refractivity contribution < 1.29 is 0 Å². The Hall–Kier alpha value is -1.69. The Balaban J connectivity index is 2.25. The minimum absolute atomic E-state index is 0.0679. The highest BCUT2D eigenvalue weighted by Crippen LogP contribution is 2.18. The van der Waals surface area contributed by atoms with E-state index in [9.17, 15) is 0 Å². The quantitative estimate of drug-likeness (QED) is 0.565. The predicted molar refractivity (Wildman–Crippen MR) is 47.2 cm³/mol. The van der Waals surface area contributed by atoms with E-state index < -0.39 is 0 Å². The number of dihydropyridines is 1. The molecule has 0 saturated carbocycles. The monoisotopic (exact) mass is 157 g/mol. The van der Waals surface area contributed by atoms with Crippen LogP contribution in [0.1, 0.15) is 6.42 Å². The zero-order chi connectivity index (χ0) is 8.39. The van der Waals surface area contributed by atoms with Crippen LogP contribution >= 0.6 is 0 Å². The van der Waals surface area contributed by atoms with Crippen molar-refractivity contribution in [1.82, 2.24) is 0 Å². The standard InChI is InChI=1S/C9H7N3/c10-4-3-7-6-9-8(12-7)2-1-5-11-9/h1-2,5-6,9H,3H2. The first-order valence-corrected chi connectivity index (χ1v) is 3.76. The highest BCUT2D eigenvalue weighted by molar-refractivity contribution is 6.07. The highest BCUT2D eigenvalue weighted by Gasteiger charge is 2.18. The van der Waals surface area contributed by atoms with Crippen LogP contribution in [0.2, 0.25) is 0 Å². The molecule has 2 heterocycles. The average molecular weight is 157 g/mol. The van der Waals surface area contributed by atoms with Gasteiger partial charge < -0.3 is 0 Å². The summed E-state index contributed by atoms with van der Waals surface area (Å²) in [5.41, 5.74) is 1.78. The van der Waals surface area contributed by atoms with Crippen LogP contribution in [0.3, 0.4) is 0 Å². The lowest BCUT2D eigenvalue weighted by atomic mass is 10.1. The van der Waals surface area contributed by atoms with Gasteiger partial charge in [-0.3, -0.25) is 9.98 Å². The highest BCUT2D eigenvalue weighted by atomic mass is 14.9. The summed E-state index contributed by atoms with van der Waals surface area (Å²) in [5.74, 6) is 0. The molecule has 0 fully saturated rings. The van der Waals surface area contributed by atoms with Crippen LogP contribution in [-0.4, -0.2) is 18.0 Å². The molecule has 0 aliphatic carbocycles. The second-order valence-corrected chi connectivity index (χ2v) is 2.63. The van der Waals surface area contributed by atoms with Gasteiger partial charge in [0, 0.05) is 6.21 Å². The van der Waals surface area contributed by atoms with E-state index in [1.54, 1.807) is 6.21 Å². The van der Waals surface area contributed by atoms with Gasteiger partial charge in [0.15, 0.2) is 0 Å². The Morgan fingerprint density at radius 3 is 3.25 bits per heavy atom. The van der Waals surface area contributed by atoms with Crippen LogP contribution in [0, 0.1) is 11.3 Å². The van der Waals surface area contributed by atoms with Crippen LogP contribution in [0.5, 0.6) is 0 Å². The van der Waals surface area contributed by atoms with E-state index in [-0.39, 0.29) is 6.04 Å². The van der Waals surface area contributed by atoms with E-state index in [1.807, 2.05) is 18.2 Å². The third-order valence-electron chi connectivity index (χ3n) is 1.79. The largest absolute Gasteiger partial charge is 0.279 e. The number of allylic oxidation sites excluding steroid dienone is 2. The molecule has 3 nitrogen and oxygen atoms in total. The van der Waals surface area contributed by atoms with E-state index in [0.29, 0.717) is 6.42 Å². The molecule has 0 spiro atoms. The molecule has 3 heteroatoms. The van der Waals surface area contributed by atoms with Gasteiger partial charge >= 0.3 is 0 Å². The van der Waals surface area contributed by atoms with Crippen molar-refractivity contribution in [3.05, 3.63) is 23.9 Å². The van der Waals surface area contributed by atoms with Crippen molar-refractivity contribution in [2.24, 2.45) is 9.98 Å². The maximum Gasteiger partial charge on any atom is 0.112 e. The normalized spacial score (nSPS) is 24.4. The number of nitriles is 1. The molecule has 0 saturated heterocycles. The molecule has 0 aromatic carbocycles. The van der Waals surface area contributed by atoms with Gasteiger partial charge in [-0.05, 0) is 18.2 Å². The molecule has 1 atom stereocenters. The lowest BCUT2D eigenvalue weighted by Gasteiger charge is -2.03. The molecule has 0 aromatic heterocycles. The molecule has 2 aliphatic heterocycles. The summed E-state index contributed by atoms with van der Waals surface area (Å²) < 4.78 is 0. The number of hydrogen-bond donors (Lipinski definition) is 0. The van der Waals surface area contributed by atoms with Gasteiger partial charge in [0.25, 0.3) is 0 Å². The SMILES string of the molecule is N#CCC1=CC2N=CC=CC2=N1. The van der Waals surface area contributed by atoms with E-state index in [0.717, 1.165) is 11.4 Å². The fourth-order valence-corrected chi connectivity index (χ4v) is 1.26. The van der Waals surface area contributed by atoms with Gasteiger partial charge in [-0.15, -0.1) is 0 Å². The van der Waals surface area contributed by atoms with Crippen molar-refractivity contribution in [2.75, 3.05) is 0 Å². The Labute approximate surface area is 70.5 Å². The molecule has 2 rings (SSSR count). The summed E-state index contributed by atoms with van der Waals surface area (Å²) in [4.78, 5) is 8.45. The maximum absolute atomic E-state index is 8.44. The van der Waals surface area contributed by atoms with E-state index in [4.69, 9.17) is 5.26 Å². The number of hydrogen-bond acceptors (Lipinski definition) is 3. The Kier molecular flexibility index (Phi) is 1.60. The van der Waals surface area contributed by atoms with Gasteiger partial charge in [-0.2, -0.15) is 5.26 Å². The Morgan fingerprint density at radius 2 is 2.50 bits per heavy atom. The number of aliphatic imine (C=N–C) groups is 2. The van der Waals surface area contributed by atoms with Crippen molar-refractivity contribution in [3.63, 3.8) is 0 Å². The Morgan fingerprint density at radius 1 is 1.58 bits per heavy atom. The minimum Gasteiger partial charge on any atom is -0.279 e. The molecular weight excluding hydrogens is 150 g/mol. The van der Waals surface area contributed by atoms with Crippen molar-refractivity contribution in [1.29, 1.82) is 5.26 Å². The van der Waals surface area contributed by atoms with Gasteiger partial charge in [0.2, 0.25) is 0 Å².